The van der Waals surface area contributed by atoms with Gasteiger partial charge in [-0.3, -0.25) is 0 Å². The molecule has 88 valence electrons. The average molecular weight is 217 g/mol. The molecule has 0 amide bonds. The summed E-state index contributed by atoms with van der Waals surface area (Å²) in [6.45, 7) is 5.61. The molecule has 1 aliphatic rings. The Labute approximate surface area is 99.3 Å². The molecule has 0 aromatic heterocycles. The maximum atomic E-state index is 3.73. The molecular formula is C15H23N. The van der Waals surface area contributed by atoms with E-state index in [0.29, 0.717) is 0 Å². The third kappa shape index (κ3) is 2.85. The Bertz CT molecular complexity index is 332. The summed E-state index contributed by atoms with van der Waals surface area (Å²) in [4.78, 5) is 0. The fourth-order valence-electron chi connectivity index (χ4n) is 2.67. The second-order valence-electron chi connectivity index (χ2n) is 5.18. The first kappa shape index (κ1) is 11.7. The van der Waals surface area contributed by atoms with Crippen molar-refractivity contribution in [2.45, 2.75) is 52.1 Å². The molecule has 2 rings (SSSR count). The highest BCUT2D eigenvalue weighted by atomic mass is 14.9. The normalized spacial score (nSPS) is 25.6. The van der Waals surface area contributed by atoms with Crippen LogP contribution in [0, 0.1) is 12.8 Å². The summed E-state index contributed by atoms with van der Waals surface area (Å²) in [5.41, 5.74) is 2.85. The quantitative estimate of drug-likeness (QED) is 0.814. The summed E-state index contributed by atoms with van der Waals surface area (Å²) in [6.07, 6.45) is 5.57. The number of aryl methyl sites for hydroxylation is 1. The van der Waals surface area contributed by atoms with Gasteiger partial charge >= 0.3 is 0 Å². The van der Waals surface area contributed by atoms with Crippen molar-refractivity contribution in [3.05, 3.63) is 35.4 Å². The Balaban J connectivity index is 1.89. The van der Waals surface area contributed by atoms with E-state index in [9.17, 15) is 0 Å². The van der Waals surface area contributed by atoms with E-state index >= 15 is 0 Å². The summed E-state index contributed by atoms with van der Waals surface area (Å²) in [5.74, 6) is 0.845. The van der Waals surface area contributed by atoms with Gasteiger partial charge in [0.1, 0.15) is 0 Å². The first-order valence-corrected chi connectivity index (χ1v) is 6.55. The van der Waals surface area contributed by atoms with E-state index in [1.165, 1.54) is 36.8 Å². The van der Waals surface area contributed by atoms with Gasteiger partial charge in [0.05, 0.1) is 0 Å². The second kappa shape index (κ2) is 5.49. The molecular weight excluding hydrogens is 194 g/mol. The number of hydrogen-bond acceptors (Lipinski definition) is 1. The molecule has 1 aliphatic carbocycles. The predicted molar refractivity (Wildman–Crippen MR) is 69.4 cm³/mol. The first-order valence-electron chi connectivity index (χ1n) is 6.55. The van der Waals surface area contributed by atoms with E-state index in [1.807, 2.05) is 0 Å². The summed E-state index contributed by atoms with van der Waals surface area (Å²) >= 11 is 0. The monoisotopic (exact) mass is 217 g/mol. The van der Waals surface area contributed by atoms with Gasteiger partial charge in [-0.15, -0.1) is 0 Å². The predicted octanol–water partition coefficient (Wildman–Crippen LogP) is 3.66. The number of nitrogens with one attached hydrogen (secondary N) is 1. The van der Waals surface area contributed by atoms with Gasteiger partial charge in [0.25, 0.3) is 0 Å². The lowest BCUT2D eigenvalue weighted by atomic mass is 9.86. The van der Waals surface area contributed by atoms with Gasteiger partial charge in [-0.25, -0.2) is 0 Å². The molecule has 2 atom stereocenters. The van der Waals surface area contributed by atoms with E-state index in [-0.39, 0.29) is 0 Å². The Morgan fingerprint density at radius 1 is 1.19 bits per heavy atom. The molecule has 0 spiro atoms. The van der Waals surface area contributed by atoms with Crippen molar-refractivity contribution in [3.8, 4) is 0 Å². The van der Waals surface area contributed by atoms with Gasteiger partial charge in [-0.05, 0) is 36.8 Å². The van der Waals surface area contributed by atoms with Crippen LogP contribution < -0.4 is 5.32 Å². The van der Waals surface area contributed by atoms with Crippen LogP contribution in [-0.4, -0.2) is 6.04 Å². The van der Waals surface area contributed by atoms with Crippen LogP contribution in [0.5, 0.6) is 0 Å². The lowest BCUT2D eigenvalue weighted by molar-refractivity contribution is 0.279. The number of rotatable bonds is 3. The Kier molecular flexibility index (Phi) is 4.00. The van der Waals surface area contributed by atoms with Gasteiger partial charge in [0, 0.05) is 12.6 Å². The second-order valence-corrected chi connectivity index (χ2v) is 5.18. The van der Waals surface area contributed by atoms with Crippen LogP contribution in [0.2, 0.25) is 0 Å². The maximum absolute atomic E-state index is 3.73. The zero-order valence-electron chi connectivity index (χ0n) is 10.5. The van der Waals surface area contributed by atoms with E-state index in [2.05, 4.69) is 43.4 Å². The molecule has 0 saturated heterocycles. The minimum atomic E-state index is 0.730. The molecule has 1 aromatic carbocycles. The smallest absolute Gasteiger partial charge is 0.0210 e. The van der Waals surface area contributed by atoms with E-state index < -0.39 is 0 Å². The van der Waals surface area contributed by atoms with Gasteiger partial charge in [0.2, 0.25) is 0 Å². The highest BCUT2D eigenvalue weighted by Crippen LogP contribution is 2.24. The van der Waals surface area contributed by atoms with Crippen molar-refractivity contribution in [2.24, 2.45) is 5.92 Å². The third-order valence-corrected chi connectivity index (χ3v) is 3.93. The van der Waals surface area contributed by atoms with E-state index in [1.54, 1.807) is 0 Å². The molecule has 1 saturated carbocycles. The largest absolute Gasteiger partial charge is 0.310 e. The van der Waals surface area contributed by atoms with Crippen molar-refractivity contribution in [1.29, 1.82) is 0 Å². The minimum absolute atomic E-state index is 0.730. The number of benzene rings is 1. The minimum Gasteiger partial charge on any atom is -0.310 e. The lowest BCUT2D eigenvalue weighted by Gasteiger charge is -2.29. The van der Waals surface area contributed by atoms with Crippen LogP contribution in [0.1, 0.15) is 43.7 Å². The molecule has 1 aromatic rings. The van der Waals surface area contributed by atoms with Crippen molar-refractivity contribution in [2.75, 3.05) is 0 Å². The Hall–Kier alpha value is -0.820. The SMILES string of the molecule is Cc1ccccc1CNC1CCCCC1C. The molecule has 0 aliphatic heterocycles. The molecule has 0 bridgehead atoms. The van der Waals surface area contributed by atoms with Crippen molar-refractivity contribution < 1.29 is 0 Å². The highest BCUT2D eigenvalue weighted by molar-refractivity contribution is 5.25. The number of hydrogen-bond donors (Lipinski definition) is 1. The Morgan fingerprint density at radius 3 is 2.69 bits per heavy atom. The third-order valence-electron chi connectivity index (χ3n) is 3.93. The first-order chi connectivity index (χ1) is 7.77. The molecule has 1 N–H and O–H groups in total. The van der Waals surface area contributed by atoms with Gasteiger partial charge in [0.15, 0.2) is 0 Å². The summed E-state index contributed by atoms with van der Waals surface area (Å²) in [5, 5.41) is 3.73. The molecule has 1 heteroatoms. The summed E-state index contributed by atoms with van der Waals surface area (Å²) in [7, 11) is 0. The van der Waals surface area contributed by atoms with Crippen molar-refractivity contribution >= 4 is 0 Å². The average Bonchev–Trinajstić information content (AvgIpc) is 2.30. The summed E-state index contributed by atoms with van der Waals surface area (Å²) < 4.78 is 0. The van der Waals surface area contributed by atoms with E-state index in [0.717, 1.165) is 18.5 Å². The van der Waals surface area contributed by atoms with Crippen LogP contribution in [0.25, 0.3) is 0 Å². The standard InChI is InChI=1S/C15H23N/c1-12-7-3-5-9-14(12)11-16-15-10-6-4-8-13(15)2/h3,5,7,9,13,15-16H,4,6,8,10-11H2,1-2H3. The highest BCUT2D eigenvalue weighted by Gasteiger charge is 2.20. The fourth-order valence-corrected chi connectivity index (χ4v) is 2.67. The molecule has 1 fully saturated rings. The fraction of sp³-hybridized carbons (Fsp3) is 0.600. The van der Waals surface area contributed by atoms with Crippen molar-refractivity contribution in [1.82, 2.24) is 5.32 Å². The molecule has 1 nitrogen and oxygen atoms in total. The molecule has 2 unspecified atom stereocenters. The van der Waals surface area contributed by atoms with Gasteiger partial charge in [-0.2, -0.15) is 0 Å². The Morgan fingerprint density at radius 2 is 1.94 bits per heavy atom. The van der Waals surface area contributed by atoms with Gasteiger partial charge in [-0.1, -0.05) is 44.0 Å². The lowest BCUT2D eigenvalue weighted by Crippen LogP contribution is -2.36. The molecule has 0 heterocycles. The van der Waals surface area contributed by atoms with Crippen LogP contribution in [0.3, 0.4) is 0 Å². The topological polar surface area (TPSA) is 12.0 Å². The zero-order chi connectivity index (χ0) is 11.4. The maximum Gasteiger partial charge on any atom is 0.0210 e. The van der Waals surface area contributed by atoms with Crippen molar-refractivity contribution in [3.63, 3.8) is 0 Å². The van der Waals surface area contributed by atoms with Gasteiger partial charge < -0.3 is 5.32 Å². The van der Waals surface area contributed by atoms with E-state index in [4.69, 9.17) is 0 Å². The van der Waals surface area contributed by atoms with Crippen LogP contribution in [0.4, 0.5) is 0 Å². The summed E-state index contributed by atoms with van der Waals surface area (Å²) in [6, 6.07) is 9.40. The van der Waals surface area contributed by atoms with Crippen LogP contribution in [-0.2, 0) is 6.54 Å². The molecule has 0 radical (unpaired) electrons. The zero-order valence-corrected chi connectivity index (χ0v) is 10.5. The van der Waals surface area contributed by atoms with Crippen LogP contribution in [0.15, 0.2) is 24.3 Å². The van der Waals surface area contributed by atoms with Crippen LogP contribution >= 0.6 is 0 Å². The molecule has 16 heavy (non-hydrogen) atoms.